The summed E-state index contributed by atoms with van der Waals surface area (Å²) in [6.45, 7) is 1.09. The molecule has 0 saturated heterocycles. The van der Waals surface area contributed by atoms with E-state index in [-0.39, 0.29) is 5.54 Å². The maximum atomic E-state index is 9.48. The van der Waals surface area contributed by atoms with Gasteiger partial charge < -0.3 is 0 Å². The summed E-state index contributed by atoms with van der Waals surface area (Å²) in [5.41, 5.74) is -0.159. The molecular formula is C14H22N2. The largest absolute Gasteiger partial charge is 0.299 e. The molecule has 0 radical (unpaired) electrons. The second-order valence-electron chi connectivity index (χ2n) is 6.21. The fourth-order valence-electron chi connectivity index (χ4n) is 3.25. The molecule has 0 bridgehead atoms. The van der Waals surface area contributed by atoms with Crippen molar-refractivity contribution in [2.24, 2.45) is 17.8 Å². The highest BCUT2D eigenvalue weighted by molar-refractivity contribution is 5.11. The first-order valence-electron chi connectivity index (χ1n) is 6.98. The minimum absolute atomic E-state index is 0.159. The van der Waals surface area contributed by atoms with Crippen molar-refractivity contribution >= 4 is 0 Å². The molecule has 3 aliphatic rings. The number of rotatable bonds is 4. The first-order chi connectivity index (χ1) is 7.81. The number of hydrogen-bond donors (Lipinski definition) is 1. The van der Waals surface area contributed by atoms with Gasteiger partial charge in [-0.1, -0.05) is 6.42 Å². The molecule has 0 aromatic rings. The van der Waals surface area contributed by atoms with E-state index in [4.69, 9.17) is 0 Å². The van der Waals surface area contributed by atoms with Crippen LogP contribution in [0.15, 0.2) is 0 Å². The number of nitrogens with zero attached hydrogens (tertiary/aromatic N) is 1. The van der Waals surface area contributed by atoms with Crippen molar-refractivity contribution in [1.82, 2.24) is 5.32 Å². The molecule has 16 heavy (non-hydrogen) atoms. The number of hydrogen-bond acceptors (Lipinski definition) is 2. The zero-order valence-electron chi connectivity index (χ0n) is 10.0. The molecule has 1 N–H and O–H groups in total. The van der Waals surface area contributed by atoms with Gasteiger partial charge in [-0.05, 0) is 69.2 Å². The van der Waals surface area contributed by atoms with Crippen molar-refractivity contribution < 1.29 is 0 Å². The van der Waals surface area contributed by atoms with Gasteiger partial charge in [0.15, 0.2) is 0 Å². The molecule has 2 atom stereocenters. The Kier molecular flexibility index (Phi) is 2.67. The van der Waals surface area contributed by atoms with Crippen molar-refractivity contribution in [2.45, 2.75) is 56.9 Å². The molecule has 2 heteroatoms. The zero-order chi connectivity index (χ0) is 11.0. The van der Waals surface area contributed by atoms with Crippen molar-refractivity contribution in [1.29, 1.82) is 5.26 Å². The average Bonchev–Trinajstić information content (AvgIpc) is 3.20. The Morgan fingerprint density at radius 3 is 2.56 bits per heavy atom. The molecule has 0 spiro atoms. The number of nitrogens with one attached hydrogen (secondary N) is 1. The second-order valence-corrected chi connectivity index (χ2v) is 6.21. The lowest BCUT2D eigenvalue weighted by atomic mass is 9.74. The molecule has 0 aromatic heterocycles. The van der Waals surface area contributed by atoms with E-state index in [9.17, 15) is 5.26 Å². The highest BCUT2D eigenvalue weighted by Crippen LogP contribution is 2.46. The fourth-order valence-corrected chi connectivity index (χ4v) is 3.25. The van der Waals surface area contributed by atoms with E-state index < -0.39 is 0 Å². The third-order valence-electron chi connectivity index (χ3n) is 4.72. The highest BCUT2D eigenvalue weighted by atomic mass is 15.0. The van der Waals surface area contributed by atoms with Crippen LogP contribution in [0, 0.1) is 29.1 Å². The van der Waals surface area contributed by atoms with Crippen LogP contribution in [0.2, 0.25) is 0 Å². The van der Waals surface area contributed by atoms with Gasteiger partial charge in [-0.2, -0.15) is 5.26 Å². The van der Waals surface area contributed by atoms with E-state index >= 15 is 0 Å². The SMILES string of the molecule is N#CC1(NCC2CC2)CCCC(C2CC2)C1. The van der Waals surface area contributed by atoms with Crippen molar-refractivity contribution in [3.8, 4) is 6.07 Å². The Morgan fingerprint density at radius 1 is 1.12 bits per heavy atom. The molecule has 0 aromatic carbocycles. The van der Waals surface area contributed by atoms with E-state index in [1.807, 2.05) is 0 Å². The lowest BCUT2D eigenvalue weighted by Gasteiger charge is -2.37. The molecule has 0 heterocycles. The second kappa shape index (κ2) is 4.04. The van der Waals surface area contributed by atoms with Crippen LogP contribution in [-0.4, -0.2) is 12.1 Å². The summed E-state index contributed by atoms with van der Waals surface area (Å²) in [4.78, 5) is 0. The lowest BCUT2D eigenvalue weighted by Crippen LogP contribution is -2.48. The number of nitriles is 1. The van der Waals surface area contributed by atoms with Gasteiger partial charge >= 0.3 is 0 Å². The Hall–Kier alpha value is -0.550. The van der Waals surface area contributed by atoms with Crippen molar-refractivity contribution in [3.63, 3.8) is 0 Å². The normalized spacial score (nSPS) is 39.3. The van der Waals surface area contributed by atoms with Crippen LogP contribution in [0.1, 0.15) is 51.4 Å². The van der Waals surface area contributed by atoms with Crippen LogP contribution in [0.3, 0.4) is 0 Å². The van der Waals surface area contributed by atoms with Gasteiger partial charge in [0.05, 0.1) is 6.07 Å². The summed E-state index contributed by atoms with van der Waals surface area (Å²) in [5.74, 6) is 2.70. The maximum Gasteiger partial charge on any atom is 0.107 e. The summed E-state index contributed by atoms with van der Waals surface area (Å²) in [7, 11) is 0. The smallest absolute Gasteiger partial charge is 0.107 e. The van der Waals surface area contributed by atoms with Crippen LogP contribution >= 0.6 is 0 Å². The van der Waals surface area contributed by atoms with E-state index in [0.717, 1.165) is 37.1 Å². The summed E-state index contributed by atoms with van der Waals surface area (Å²) in [5, 5.41) is 13.1. The quantitative estimate of drug-likeness (QED) is 0.787. The predicted octanol–water partition coefficient (Wildman–Crippen LogP) is 2.85. The van der Waals surface area contributed by atoms with Gasteiger partial charge in [0, 0.05) is 0 Å². The predicted molar refractivity (Wildman–Crippen MR) is 63.8 cm³/mol. The third kappa shape index (κ3) is 2.25. The summed E-state index contributed by atoms with van der Waals surface area (Å²) >= 11 is 0. The van der Waals surface area contributed by atoms with E-state index in [1.54, 1.807) is 0 Å². The van der Waals surface area contributed by atoms with Crippen LogP contribution in [-0.2, 0) is 0 Å². The van der Waals surface area contributed by atoms with Crippen molar-refractivity contribution in [3.05, 3.63) is 0 Å². The first kappa shape index (κ1) is 10.6. The van der Waals surface area contributed by atoms with E-state index in [2.05, 4.69) is 11.4 Å². The molecule has 0 amide bonds. The summed E-state index contributed by atoms with van der Waals surface area (Å²) in [6, 6.07) is 2.60. The zero-order valence-corrected chi connectivity index (χ0v) is 10.0. The first-order valence-corrected chi connectivity index (χ1v) is 6.98. The Labute approximate surface area is 98.4 Å². The molecule has 2 unspecified atom stereocenters. The Bertz CT molecular complexity index is 298. The Morgan fingerprint density at radius 2 is 1.94 bits per heavy atom. The summed E-state index contributed by atoms with van der Waals surface area (Å²) in [6.07, 6.45) is 10.4. The fraction of sp³-hybridized carbons (Fsp3) is 0.929. The molecule has 3 fully saturated rings. The van der Waals surface area contributed by atoms with Crippen molar-refractivity contribution in [2.75, 3.05) is 6.54 Å². The van der Waals surface area contributed by atoms with Crippen LogP contribution in [0.25, 0.3) is 0 Å². The van der Waals surface area contributed by atoms with Crippen LogP contribution in [0.4, 0.5) is 0 Å². The molecular weight excluding hydrogens is 196 g/mol. The minimum Gasteiger partial charge on any atom is -0.299 e. The molecule has 88 valence electrons. The monoisotopic (exact) mass is 218 g/mol. The third-order valence-corrected chi connectivity index (χ3v) is 4.72. The topological polar surface area (TPSA) is 35.8 Å². The molecule has 0 aliphatic heterocycles. The standard InChI is InChI=1S/C14H22N2/c15-10-14(16-9-11-3-4-11)7-1-2-13(8-14)12-5-6-12/h11-13,16H,1-9H2. The Balaban J connectivity index is 1.60. The molecule has 3 aliphatic carbocycles. The highest BCUT2D eigenvalue weighted by Gasteiger charge is 2.42. The van der Waals surface area contributed by atoms with Gasteiger partial charge in [-0.15, -0.1) is 0 Å². The average molecular weight is 218 g/mol. The van der Waals surface area contributed by atoms with Gasteiger partial charge in [-0.3, -0.25) is 5.32 Å². The van der Waals surface area contributed by atoms with Gasteiger partial charge in [-0.25, -0.2) is 0 Å². The van der Waals surface area contributed by atoms with E-state index in [1.165, 1.54) is 38.5 Å². The minimum atomic E-state index is -0.159. The van der Waals surface area contributed by atoms with Gasteiger partial charge in [0.25, 0.3) is 0 Å². The molecule has 2 nitrogen and oxygen atoms in total. The molecule has 3 rings (SSSR count). The van der Waals surface area contributed by atoms with Gasteiger partial charge in [0.2, 0.25) is 0 Å². The van der Waals surface area contributed by atoms with Gasteiger partial charge in [0.1, 0.15) is 5.54 Å². The maximum absolute atomic E-state index is 9.48. The molecule has 3 saturated carbocycles. The lowest BCUT2D eigenvalue weighted by molar-refractivity contribution is 0.209. The van der Waals surface area contributed by atoms with E-state index in [0.29, 0.717) is 0 Å². The van der Waals surface area contributed by atoms with Crippen LogP contribution in [0.5, 0.6) is 0 Å². The summed E-state index contributed by atoms with van der Waals surface area (Å²) < 4.78 is 0. The van der Waals surface area contributed by atoms with Crippen LogP contribution < -0.4 is 5.32 Å².